The number of aromatic nitrogens is 3. The molecule has 2 rings (SSSR count). The molecule has 2 N–H and O–H groups in total. The number of hydrogen-bond acceptors (Lipinski definition) is 6. The summed E-state index contributed by atoms with van der Waals surface area (Å²) in [6, 6.07) is 5.89. The molecule has 0 saturated heterocycles. The van der Waals surface area contributed by atoms with Gasteiger partial charge in [-0.3, -0.25) is 4.98 Å². The van der Waals surface area contributed by atoms with Crippen LogP contribution in [0.1, 0.15) is 12.6 Å². The maximum Gasteiger partial charge on any atom is 0.242 e. The van der Waals surface area contributed by atoms with Crippen LogP contribution in [0, 0.1) is 0 Å². The second-order valence-corrected chi connectivity index (χ2v) is 4.34. The summed E-state index contributed by atoms with van der Waals surface area (Å²) in [6.07, 6.45) is 4.08. The molecule has 0 radical (unpaired) electrons. The Morgan fingerprint density at radius 3 is 2.80 bits per heavy atom. The van der Waals surface area contributed by atoms with Crippen molar-refractivity contribution in [3.63, 3.8) is 0 Å². The fourth-order valence-electron chi connectivity index (χ4n) is 1.86. The summed E-state index contributed by atoms with van der Waals surface area (Å²) in [5, 5.41) is 0. The number of pyridine rings is 1. The molecule has 0 bridgehead atoms. The Morgan fingerprint density at radius 1 is 1.25 bits per heavy atom. The number of nitrogens with two attached hydrogens (primary N) is 1. The zero-order valence-electron chi connectivity index (χ0n) is 11.8. The lowest BCUT2D eigenvalue weighted by Crippen LogP contribution is -2.23. The molecule has 6 heteroatoms. The van der Waals surface area contributed by atoms with Gasteiger partial charge in [0.25, 0.3) is 0 Å². The predicted molar refractivity (Wildman–Crippen MR) is 78.8 cm³/mol. The van der Waals surface area contributed by atoms with Crippen LogP contribution >= 0.6 is 0 Å². The zero-order valence-corrected chi connectivity index (χ0v) is 11.8. The number of likely N-dealkylation sites (N-methyl/N-ethyl adjacent to an activating group) is 1. The van der Waals surface area contributed by atoms with Crippen molar-refractivity contribution in [3.8, 4) is 5.88 Å². The first kappa shape index (κ1) is 14.0. The average molecular weight is 273 g/mol. The van der Waals surface area contributed by atoms with Crippen LogP contribution in [-0.2, 0) is 6.42 Å². The molecule has 0 fully saturated rings. The van der Waals surface area contributed by atoms with Gasteiger partial charge < -0.3 is 15.4 Å². The normalized spacial score (nSPS) is 10.3. The highest BCUT2D eigenvalue weighted by Crippen LogP contribution is 2.26. The van der Waals surface area contributed by atoms with Crippen molar-refractivity contribution in [1.29, 1.82) is 0 Å². The van der Waals surface area contributed by atoms with E-state index in [1.165, 1.54) is 6.33 Å². The molecule has 0 unspecified atom stereocenters. The molecule has 0 aliphatic rings. The minimum atomic E-state index is 0.433. The number of nitrogen functional groups attached to an aromatic ring is 1. The summed E-state index contributed by atoms with van der Waals surface area (Å²) in [4.78, 5) is 14.5. The number of ether oxygens (including phenoxy) is 1. The summed E-state index contributed by atoms with van der Waals surface area (Å²) in [7, 11) is 1.94. The van der Waals surface area contributed by atoms with Gasteiger partial charge in [-0.15, -0.1) is 0 Å². The maximum atomic E-state index is 6.03. The van der Waals surface area contributed by atoms with Crippen molar-refractivity contribution in [3.05, 3.63) is 36.4 Å². The van der Waals surface area contributed by atoms with E-state index in [2.05, 4.69) is 15.0 Å². The molecule has 0 aromatic carbocycles. The standard InChI is InChI=1S/C14H19N5O/c1-3-20-14-12(15)13(17-10-18-14)19(2)9-7-11-6-4-5-8-16-11/h4-6,8,10H,3,7,9,15H2,1-2H3. The SMILES string of the molecule is CCOc1ncnc(N(C)CCc2ccccn2)c1N. The molecule has 20 heavy (non-hydrogen) atoms. The molecule has 0 spiro atoms. The van der Waals surface area contributed by atoms with Gasteiger partial charge in [0.05, 0.1) is 6.61 Å². The van der Waals surface area contributed by atoms with E-state index in [4.69, 9.17) is 10.5 Å². The molecule has 6 nitrogen and oxygen atoms in total. The summed E-state index contributed by atoms with van der Waals surface area (Å²) in [6.45, 7) is 3.19. The molecule has 0 aliphatic carbocycles. The Balaban J connectivity index is 2.05. The first-order valence-corrected chi connectivity index (χ1v) is 6.56. The van der Waals surface area contributed by atoms with E-state index in [1.54, 1.807) is 6.20 Å². The second-order valence-electron chi connectivity index (χ2n) is 4.34. The molecule has 2 heterocycles. The number of hydrogen-bond donors (Lipinski definition) is 1. The van der Waals surface area contributed by atoms with Gasteiger partial charge in [-0.2, -0.15) is 4.98 Å². The van der Waals surface area contributed by atoms with E-state index < -0.39 is 0 Å². The van der Waals surface area contributed by atoms with Gasteiger partial charge in [0, 0.05) is 31.9 Å². The molecule has 0 saturated carbocycles. The first-order chi connectivity index (χ1) is 9.72. The molecule has 2 aromatic rings. The Hall–Kier alpha value is -2.37. The first-order valence-electron chi connectivity index (χ1n) is 6.56. The second kappa shape index (κ2) is 6.70. The highest BCUT2D eigenvalue weighted by molar-refractivity contribution is 5.67. The zero-order chi connectivity index (χ0) is 14.4. The maximum absolute atomic E-state index is 6.03. The highest BCUT2D eigenvalue weighted by atomic mass is 16.5. The smallest absolute Gasteiger partial charge is 0.242 e. The average Bonchev–Trinajstić information content (AvgIpc) is 2.48. The fraction of sp³-hybridized carbons (Fsp3) is 0.357. The Morgan fingerprint density at radius 2 is 2.10 bits per heavy atom. The van der Waals surface area contributed by atoms with E-state index in [0.717, 1.165) is 18.7 Å². The third kappa shape index (κ3) is 3.34. The van der Waals surface area contributed by atoms with Gasteiger partial charge in [0.15, 0.2) is 5.82 Å². The Labute approximate surface area is 118 Å². The van der Waals surface area contributed by atoms with Crippen LogP contribution in [0.3, 0.4) is 0 Å². The number of anilines is 2. The fourth-order valence-corrected chi connectivity index (χ4v) is 1.86. The van der Waals surface area contributed by atoms with E-state index >= 15 is 0 Å². The van der Waals surface area contributed by atoms with E-state index in [9.17, 15) is 0 Å². The van der Waals surface area contributed by atoms with E-state index in [-0.39, 0.29) is 0 Å². The van der Waals surface area contributed by atoms with Gasteiger partial charge >= 0.3 is 0 Å². The van der Waals surface area contributed by atoms with Crippen LogP contribution in [0.4, 0.5) is 11.5 Å². The largest absolute Gasteiger partial charge is 0.476 e. The van der Waals surface area contributed by atoms with Crippen LogP contribution in [-0.4, -0.2) is 35.2 Å². The van der Waals surface area contributed by atoms with Crippen molar-refractivity contribution in [2.45, 2.75) is 13.3 Å². The Bertz CT molecular complexity index is 547. The molecule has 0 amide bonds. The van der Waals surface area contributed by atoms with Gasteiger partial charge in [-0.25, -0.2) is 4.98 Å². The van der Waals surface area contributed by atoms with Crippen molar-refractivity contribution in [2.24, 2.45) is 0 Å². The summed E-state index contributed by atoms with van der Waals surface area (Å²) >= 11 is 0. The van der Waals surface area contributed by atoms with Crippen LogP contribution in [0.5, 0.6) is 5.88 Å². The van der Waals surface area contributed by atoms with Crippen molar-refractivity contribution >= 4 is 11.5 Å². The Kier molecular flexibility index (Phi) is 4.70. The van der Waals surface area contributed by atoms with Crippen LogP contribution in [0.15, 0.2) is 30.7 Å². The highest BCUT2D eigenvalue weighted by Gasteiger charge is 2.12. The molecule has 0 atom stereocenters. The van der Waals surface area contributed by atoms with E-state index in [0.29, 0.717) is 24.0 Å². The summed E-state index contributed by atoms with van der Waals surface area (Å²) in [5.41, 5.74) is 7.54. The lowest BCUT2D eigenvalue weighted by molar-refractivity contribution is 0.328. The van der Waals surface area contributed by atoms with Gasteiger partial charge in [-0.1, -0.05) is 6.07 Å². The third-order valence-electron chi connectivity index (χ3n) is 2.90. The number of rotatable bonds is 6. The van der Waals surface area contributed by atoms with Gasteiger partial charge in [-0.05, 0) is 19.1 Å². The molecule has 2 aromatic heterocycles. The van der Waals surface area contributed by atoms with Crippen LogP contribution in [0.2, 0.25) is 0 Å². The molecular weight excluding hydrogens is 254 g/mol. The summed E-state index contributed by atoms with van der Waals surface area (Å²) < 4.78 is 5.38. The molecular formula is C14H19N5O. The van der Waals surface area contributed by atoms with Crippen LogP contribution in [0.25, 0.3) is 0 Å². The molecule has 106 valence electrons. The monoisotopic (exact) mass is 273 g/mol. The lowest BCUT2D eigenvalue weighted by atomic mass is 10.2. The number of nitrogens with zero attached hydrogens (tertiary/aromatic N) is 4. The van der Waals surface area contributed by atoms with Gasteiger partial charge in [0.2, 0.25) is 5.88 Å². The van der Waals surface area contributed by atoms with Gasteiger partial charge in [0.1, 0.15) is 12.0 Å². The van der Waals surface area contributed by atoms with Crippen molar-refractivity contribution in [1.82, 2.24) is 15.0 Å². The minimum Gasteiger partial charge on any atom is -0.476 e. The minimum absolute atomic E-state index is 0.433. The third-order valence-corrected chi connectivity index (χ3v) is 2.90. The topological polar surface area (TPSA) is 77.2 Å². The molecule has 0 aliphatic heterocycles. The lowest BCUT2D eigenvalue weighted by Gasteiger charge is -2.20. The van der Waals surface area contributed by atoms with E-state index in [1.807, 2.05) is 37.1 Å². The van der Waals surface area contributed by atoms with Crippen molar-refractivity contribution < 1.29 is 4.74 Å². The summed E-state index contributed by atoms with van der Waals surface area (Å²) in [5.74, 6) is 1.11. The predicted octanol–water partition coefficient (Wildman–Crippen LogP) is 1.53. The van der Waals surface area contributed by atoms with Crippen molar-refractivity contribution in [2.75, 3.05) is 30.8 Å². The van der Waals surface area contributed by atoms with Crippen LogP contribution < -0.4 is 15.4 Å². The quantitative estimate of drug-likeness (QED) is 0.860.